The summed E-state index contributed by atoms with van der Waals surface area (Å²) in [6.45, 7) is 0. The van der Waals surface area contributed by atoms with Gasteiger partial charge in [-0.25, -0.2) is 0 Å². The number of anilines is 3. The van der Waals surface area contributed by atoms with Gasteiger partial charge < -0.3 is 9.32 Å². The van der Waals surface area contributed by atoms with Crippen LogP contribution in [0.25, 0.3) is 76.9 Å². The molecular weight excluding hydrogens is 631 g/mol. The van der Waals surface area contributed by atoms with Crippen LogP contribution >= 0.6 is 0 Å². The van der Waals surface area contributed by atoms with Gasteiger partial charge in [-0.3, -0.25) is 0 Å². The van der Waals surface area contributed by atoms with E-state index in [1.807, 2.05) is 0 Å². The van der Waals surface area contributed by atoms with Gasteiger partial charge in [0.2, 0.25) is 0 Å². The van der Waals surface area contributed by atoms with E-state index in [1.165, 1.54) is 38.2 Å². The van der Waals surface area contributed by atoms with Crippen LogP contribution in [0.4, 0.5) is 17.1 Å². The van der Waals surface area contributed by atoms with Crippen molar-refractivity contribution in [2.24, 2.45) is 0 Å². The van der Waals surface area contributed by atoms with Gasteiger partial charge in [-0.05, 0) is 68.7 Å². The van der Waals surface area contributed by atoms with E-state index >= 15 is 0 Å². The Morgan fingerprint density at radius 2 is 0.673 bits per heavy atom. The minimum atomic E-state index is 0.899. The summed E-state index contributed by atoms with van der Waals surface area (Å²) in [6, 6.07) is 71.4. The lowest BCUT2D eigenvalue weighted by atomic mass is 9.91. The van der Waals surface area contributed by atoms with Crippen molar-refractivity contribution in [1.29, 1.82) is 0 Å². The van der Waals surface area contributed by atoms with Gasteiger partial charge in [-0.1, -0.05) is 170 Å². The minimum absolute atomic E-state index is 0.899. The molecule has 0 bridgehead atoms. The summed E-state index contributed by atoms with van der Waals surface area (Å²) in [5.41, 5.74) is 12.1. The third kappa shape index (κ3) is 4.88. The molecule has 0 saturated carbocycles. The highest BCUT2D eigenvalue weighted by molar-refractivity contribution is 6.17. The Kier molecular flexibility index (Phi) is 7.18. The van der Waals surface area contributed by atoms with Crippen molar-refractivity contribution in [2.45, 2.75) is 0 Å². The van der Waals surface area contributed by atoms with Gasteiger partial charge in [0, 0.05) is 38.7 Å². The van der Waals surface area contributed by atoms with Gasteiger partial charge in [-0.15, -0.1) is 0 Å². The van der Waals surface area contributed by atoms with Crippen molar-refractivity contribution >= 4 is 60.5 Å². The number of hydrogen-bond donors (Lipinski definition) is 0. The first kappa shape index (κ1) is 30.0. The molecule has 0 aliphatic rings. The van der Waals surface area contributed by atoms with Gasteiger partial charge in [0.05, 0.1) is 5.69 Å². The zero-order valence-corrected chi connectivity index (χ0v) is 28.4. The number of nitrogens with zero attached hydrogens (tertiary/aromatic N) is 1. The smallest absolute Gasteiger partial charge is 0.143 e. The molecule has 1 heterocycles. The van der Waals surface area contributed by atoms with Crippen LogP contribution in [0.2, 0.25) is 0 Å². The van der Waals surface area contributed by atoms with Crippen LogP contribution in [-0.4, -0.2) is 0 Å². The monoisotopic (exact) mass is 663 g/mol. The molecule has 0 N–H and O–H groups in total. The lowest BCUT2D eigenvalue weighted by molar-refractivity contribution is 0.671. The van der Waals surface area contributed by atoms with Crippen molar-refractivity contribution in [3.05, 3.63) is 200 Å². The summed E-state index contributed by atoms with van der Waals surface area (Å²) in [4.78, 5) is 2.34. The van der Waals surface area contributed by atoms with E-state index in [0.717, 1.165) is 55.7 Å². The average Bonchev–Trinajstić information content (AvgIpc) is 3.61. The van der Waals surface area contributed by atoms with Crippen molar-refractivity contribution in [2.75, 3.05) is 4.90 Å². The molecule has 0 saturated heterocycles. The predicted octanol–water partition coefficient (Wildman–Crippen LogP) is 14.4. The van der Waals surface area contributed by atoms with Crippen molar-refractivity contribution in [3.8, 4) is 33.4 Å². The number of benzene rings is 9. The Bertz CT molecular complexity index is 2850. The van der Waals surface area contributed by atoms with Crippen molar-refractivity contribution in [1.82, 2.24) is 0 Å². The number of hydrogen-bond acceptors (Lipinski definition) is 2. The van der Waals surface area contributed by atoms with Gasteiger partial charge in [0.15, 0.2) is 0 Å². The molecule has 2 heteroatoms. The van der Waals surface area contributed by atoms with Crippen molar-refractivity contribution in [3.63, 3.8) is 0 Å². The molecule has 10 rings (SSSR count). The van der Waals surface area contributed by atoms with E-state index in [-0.39, 0.29) is 0 Å². The second kappa shape index (κ2) is 12.5. The van der Waals surface area contributed by atoms with Gasteiger partial charge >= 0.3 is 0 Å². The first-order valence-electron chi connectivity index (χ1n) is 17.8. The van der Waals surface area contributed by atoms with Crippen LogP contribution in [0.15, 0.2) is 205 Å². The second-order valence-corrected chi connectivity index (χ2v) is 13.2. The standard InChI is InChI=1S/C50H33NO/c1-4-16-34(17-5-1)37-30-31-41(39-23-11-10-22-38(37)39)44-26-14-28-46-47-29-15-27-45(50(47)52-49(44)46)42-32-33-48(43-25-13-12-24-40(42)43)51(35-18-6-2-7-19-35)36-20-8-3-9-21-36/h1-33H. The van der Waals surface area contributed by atoms with Crippen LogP contribution in [0.1, 0.15) is 0 Å². The molecule has 2 nitrogen and oxygen atoms in total. The first-order chi connectivity index (χ1) is 25.8. The van der Waals surface area contributed by atoms with E-state index in [4.69, 9.17) is 4.42 Å². The molecule has 0 unspecified atom stereocenters. The molecule has 0 spiro atoms. The third-order valence-electron chi connectivity index (χ3n) is 10.3. The van der Waals surface area contributed by atoms with Crippen LogP contribution < -0.4 is 4.90 Å². The molecular formula is C50H33NO. The minimum Gasteiger partial charge on any atom is -0.455 e. The molecule has 0 aliphatic heterocycles. The van der Waals surface area contributed by atoms with E-state index in [2.05, 4.69) is 205 Å². The summed E-state index contributed by atoms with van der Waals surface area (Å²) in [5.74, 6) is 0. The van der Waals surface area contributed by atoms with Crippen LogP contribution in [-0.2, 0) is 0 Å². The Hall–Kier alpha value is -6.90. The topological polar surface area (TPSA) is 16.4 Å². The SMILES string of the molecule is c1ccc(-c2ccc(-c3cccc4c3oc3c(-c5ccc(N(c6ccccc6)c6ccccc6)c6ccccc56)cccc34)c3ccccc23)cc1. The number of furan rings is 1. The lowest BCUT2D eigenvalue weighted by Gasteiger charge is -2.27. The molecule has 0 amide bonds. The number of para-hydroxylation sites is 4. The van der Waals surface area contributed by atoms with Gasteiger partial charge in [-0.2, -0.15) is 0 Å². The quantitative estimate of drug-likeness (QED) is 0.176. The van der Waals surface area contributed by atoms with Crippen LogP contribution in [0, 0.1) is 0 Å². The summed E-state index contributed by atoms with van der Waals surface area (Å²) >= 11 is 0. The molecule has 1 aromatic heterocycles. The average molecular weight is 664 g/mol. The molecule has 0 atom stereocenters. The Balaban J connectivity index is 1.17. The predicted molar refractivity (Wildman–Crippen MR) is 220 cm³/mol. The summed E-state index contributed by atoms with van der Waals surface area (Å²) in [5, 5.41) is 7.01. The Morgan fingerprint density at radius 1 is 0.269 bits per heavy atom. The third-order valence-corrected chi connectivity index (χ3v) is 10.3. The largest absolute Gasteiger partial charge is 0.455 e. The lowest BCUT2D eigenvalue weighted by Crippen LogP contribution is -2.10. The maximum atomic E-state index is 7.04. The van der Waals surface area contributed by atoms with Crippen molar-refractivity contribution < 1.29 is 4.42 Å². The maximum Gasteiger partial charge on any atom is 0.143 e. The van der Waals surface area contributed by atoms with E-state index in [0.29, 0.717) is 0 Å². The van der Waals surface area contributed by atoms with E-state index in [9.17, 15) is 0 Å². The first-order valence-corrected chi connectivity index (χ1v) is 17.8. The highest BCUT2D eigenvalue weighted by Gasteiger charge is 2.21. The van der Waals surface area contributed by atoms with Crippen LogP contribution in [0.5, 0.6) is 0 Å². The number of rotatable bonds is 6. The second-order valence-electron chi connectivity index (χ2n) is 13.2. The maximum absolute atomic E-state index is 7.04. The zero-order chi connectivity index (χ0) is 34.4. The number of fused-ring (bicyclic) bond motifs is 5. The molecule has 9 aromatic carbocycles. The molecule has 0 radical (unpaired) electrons. The molecule has 0 fully saturated rings. The van der Waals surface area contributed by atoms with E-state index < -0.39 is 0 Å². The molecule has 244 valence electrons. The highest BCUT2D eigenvalue weighted by atomic mass is 16.3. The summed E-state index contributed by atoms with van der Waals surface area (Å²) in [7, 11) is 0. The molecule has 0 aliphatic carbocycles. The fraction of sp³-hybridized carbons (Fsp3) is 0. The summed E-state index contributed by atoms with van der Waals surface area (Å²) < 4.78 is 7.04. The highest BCUT2D eigenvalue weighted by Crippen LogP contribution is 2.46. The Labute approximate surface area is 302 Å². The molecule has 10 aromatic rings. The van der Waals surface area contributed by atoms with Gasteiger partial charge in [0.1, 0.15) is 11.2 Å². The fourth-order valence-electron chi connectivity index (χ4n) is 7.94. The fourth-order valence-corrected chi connectivity index (χ4v) is 7.94. The van der Waals surface area contributed by atoms with Crippen LogP contribution in [0.3, 0.4) is 0 Å². The van der Waals surface area contributed by atoms with Gasteiger partial charge in [0.25, 0.3) is 0 Å². The normalized spacial score (nSPS) is 11.5. The van der Waals surface area contributed by atoms with E-state index in [1.54, 1.807) is 0 Å². The summed E-state index contributed by atoms with van der Waals surface area (Å²) in [6.07, 6.45) is 0. The zero-order valence-electron chi connectivity index (χ0n) is 28.4. The Morgan fingerprint density at radius 3 is 1.23 bits per heavy atom. The molecule has 52 heavy (non-hydrogen) atoms.